The van der Waals surface area contributed by atoms with Gasteiger partial charge < -0.3 is 0 Å². The highest BCUT2D eigenvalue weighted by molar-refractivity contribution is 7.97. The largest absolute Gasteiger partial charge is 0.273 e. The first-order valence-corrected chi connectivity index (χ1v) is 10.7. The number of nitrogens with zero attached hydrogens (tertiary/aromatic N) is 3. The third kappa shape index (κ3) is 3.94. The molecule has 158 valence electrons. The number of rotatable bonds is 4. The van der Waals surface area contributed by atoms with E-state index in [1.165, 1.54) is 43.3 Å². The SMILES string of the molecule is CC(=O)N(N)Sc1nc2sc(Cl)c(-c3ccccc3F)c2c(=O)n1-c1cccc(F)c1. The molecule has 0 saturated heterocycles. The first-order chi connectivity index (χ1) is 14.8. The van der Waals surface area contributed by atoms with Crippen LogP contribution in [-0.4, -0.2) is 19.9 Å². The van der Waals surface area contributed by atoms with E-state index in [2.05, 4.69) is 4.98 Å². The van der Waals surface area contributed by atoms with Crippen molar-refractivity contribution in [3.8, 4) is 16.8 Å². The minimum atomic E-state index is -0.601. The summed E-state index contributed by atoms with van der Waals surface area (Å²) in [7, 11) is 0. The second kappa shape index (κ2) is 8.39. The number of hydrazine groups is 1. The fraction of sp³-hybridized carbons (Fsp3) is 0.0500. The van der Waals surface area contributed by atoms with Crippen LogP contribution >= 0.6 is 34.9 Å². The smallest absolute Gasteiger partial charge is 0.268 e. The van der Waals surface area contributed by atoms with Gasteiger partial charge in [-0.05, 0) is 24.3 Å². The summed E-state index contributed by atoms with van der Waals surface area (Å²) < 4.78 is 30.5. The molecule has 4 rings (SSSR count). The standard InChI is InChI=1S/C20H13ClF2N4O2S2/c1-10(28)27(24)31-20-25-18-16(19(29)26(20)12-6-4-5-11(22)9-12)15(17(21)30-18)13-7-2-3-8-14(13)23/h2-9H,24H2,1H3. The maximum Gasteiger partial charge on any atom is 0.268 e. The number of carbonyl (C=O) groups is 1. The molecular formula is C20H13ClF2N4O2S2. The number of hydrogen-bond donors (Lipinski definition) is 1. The molecule has 0 aliphatic rings. The Morgan fingerprint density at radius 2 is 1.97 bits per heavy atom. The van der Waals surface area contributed by atoms with E-state index in [4.69, 9.17) is 17.4 Å². The van der Waals surface area contributed by atoms with Crippen molar-refractivity contribution in [2.45, 2.75) is 12.1 Å². The van der Waals surface area contributed by atoms with Crippen molar-refractivity contribution in [1.29, 1.82) is 0 Å². The van der Waals surface area contributed by atoms with Crippen molar-refractivity contribution in [2.24, 2.45) is 5.84 Å². The number of amides is 1. The third-order valence-corrected chi connectivity index (χ3v) is 6.54. The maximum absolute atomic E-state index is 14.5. The van der Waals surface area contributed by atoms with E-state index in [0.717, 1.165) is 26.4 Å². The van der Waals surface area contributed by atoms with Crippen molar-refractivity contribution >= 4 is 51.0 Å². The molecule has 4 aromatic rings. The second-order valence-electron chi connectivity index (χ2n) is 6.36. The topological polar surface area (TPSA) is 81.2 Å². The normalized spacial score (nSPS) is 11.1. The minimum absolute atomic E-state index is 0.0267. The van der Waals surface area contributed by atoms with Gasteiger partial charge in [0, 0.05) is 30.0 Å². The number of halogens is 3. The lowest BCUT2D eigenvalue weighted by Crippen LogP contribution is -2.30. The Morgan fingerprint density at radius 1 is 1.23 bits per heavy atom. The van der Waals surface area contributed by atoms with Crippen LogP contribution in [0.15, 0.2) is 58.5 Å². The molecule has 0 radical (unpaired) electrons. The number of fused-ring (bicyclic) bond motifs is 1. The zero-order valence-corrected chi connectivity index (χ0v) is 18.2. The van der Waals surface area contributed by atoms with Crippen molar-refractivity contribution < 1.29 is 13.6 Å². The summed E-state index contributed by atoms with van der Waals surface area (Å²) in [4.78, 5) is 29.9. The lowest BCUT2D eigenvalue weighted by molar-refractivity contribution is -0.124. The van der Waals surface area contributed by atoms with Crippen LogP contribution in [0.1, 0.15) is 6.92 Å². The molecule has 0 atom stereocenters. The lowest BCUT2D eigenvalue weighted by Gasteiger charge is -2.16. The molecule has 2 heterocycles. The molecule has 31 heavy (non-hydrogen) atoms. The first-order valence-electron chi connectivity index (χ1n) is 8.77. The number of aromatic nitrogens is 2. The van der Waals surface area contributed by atoms with E-state index in [1.54, 1.807) is 6.07 Å². The predicted molar refractivity (Wildman–Crippen MR) is 118 cm³/mol. The van der Waals surface area contributed by atoms with Crippen molar-refractivity contribution in [3.63, 3.8) is 0 Å². The van der Waals surface area contributed by atoms with Crippen LogP contribution in [0.25, 0.3) is 27.0 Å². The third-order valence-electron chi connectivity index (χ3n) is 4.35. The minimum Gasteiger partial charge on any atom is -0.273 e. The van der Waals surface area contributed by atoms with E-state index in [9.17, 15) is 18.4 Å². The Hall–Kier alpha value is -2.79. The van der Waals surface area contributed by atoms with E-state index in [0.29, 0.717) is 11.9 Å². The molecule has 2 aromatic carbocycles. The molecule has 2 N–H and O–H groups in total. The van der Waals surface area contributed by atoms with Gasteiger partial charge in [-0.15, -0.1) is 11.3 Å². The Labute approximate surface area is 188 Å². The molecule has 0 unspecified atom stereocenters. The van der Waals surface area contributed by atoms with Crippen molar-refractivity contribution in [2.75, 3.05) is 0 Å². The van der Waals surface area contributed by atoms with Gasteiger partial charge in [0.05, 0.1) is 11.1 Å². The zero-order valence-electron chi connectivity index (χ0n) is 15.8. The molecule has 0 aliphatic heterocycles. The number of nitrogens with two attached hydrogens (primary N) is 1. The summed E-state index contributed by atoms with van der Waals surface area (Å²) >= 11 is 8.08. The average Bonchev–Trinajstić information content (AvgIpc) is 3.04. The monoisotopic (exact) mass is 478 g/mol. The zero-order chi connectivity index (χ0) is 22.3. The van der Waals surface area contributed by atoms with Gasteiger partial charge in [0.1, 0.15) is 20.8 Å². The summed E-state index contributed by atoms with van der Waals surface area (Å²) in [5, 5.41) is 0.110. The fourth-order valence-corrected chi connectivity index (χ4v) is 5.05. The number of thiophene rings is 1. The quantitative estimate of drug-likeness (QED) is 0.150. The summed E-state index contributed by atoms with van der Waals surface area (Å²) in [5.41, 5.74) is -0.0831. The van der Waals surface area contributed by atoms with Crippen molar-refractivity contribution in [3.05, 3.63) is 74.9 Å². The van der Waals surface area contributed by atoms with Crippen LogP contribution in [-0.2, 0) is 4.79 Å². The van der Waals surface area contributed by atoms with Gasteiger partial charge in [0.25, 0.3) is 5.56 Å². The molecule has 0 fully saturated rings. The van der Waals surface area contributed by atoms with Crippen LogP contribution in [0.2, 0.25) is 4.34 Å². The van der Waals surface area contributed by atoms with Crippen LogP contribution in [0.5, 0.6) is 0 Å². The molecule has 0 bridgehead atoms. The van der Waals surface area contributed by atoms with E-state index < -0.39 is 23.1 Å². The molecule has 2 aromatic heterocycles. The lowest BCUT2D eigenvalue weighted by atomic mass is 10.1. The van der Waals surface area contributed by atoms with Gasteiger partial charge in [-0.3, -0.25) is 14.2 Å². The van der Waals surface area contributed by atoms with Gasteiger partial charge in [0.2, 0.25) is 5.91 Å². The Balaban J connectivity index is 2.08. The Bertz CT molecular complexity index is 1390. The van der Waals surface area contributed by atoms with Crippen LogP contribution in [0, 0.1) is 11.6 Å². The maximum atomic E-state index is 14.5. The summed E-state index contributed by atoms with van der Waals surface area (Å²) in [6.45, 7) is 1.24. The fourth-order valence-electron chi connectivity index (χ4n) is 2.97. The summed E-state index contributed by atoms with van der Waals surface area (Å²) in [6, 6.07) is 11.2. The van der Waals surface area contributed by atoms with E-state index in [1.807, 2.05) is 0 Å². The highest BCUT2D eigenvalue weighted by atomic mass is 35.5. The van der Waals surface area contributed by atoms with Gasteiger partial charge in [-0.2, -0.15) is 0 Å². The van der Waals surface area contributed by atoms with Crippen molar-refractivity contribution in [1.82, 2.24) is 14.0 Å². The molecule has 0 saturated carbocycles. The van der Waals surface area contributed by atoms with Crippen LogP contribution in [0.4, 0.5) is 8.78 Å². The van der Waals surface area contributed by atoms with Gasteiger partial charge in [-0.1, -0.05) is 35.9 Å². The predicted octanol–water partition coefficient (Wildman–Crippen LogP) is 4.78. The van der Waals surface area contributed by atoms with Crippen LogP contribution < -0.4 is 11.4 Å². The molecule has 11 heteroatoms. The Morgan fingerprint density at radius 3 is 2.65 bits per heavy atom. The molecule has 0 spiro atoms. The Kier molecular flexibility index (Phi) is 5.80. The highest BCUT2D eigenvalue weighted by Crippen LogP contribution is 2.41. The summed E-state index contributed by atoms with van der Waals surface area (Å²) in [6.07, 6.45) is 0. The van der Waals surface area contributed by atoms with E-state index in [-0.39, 0.29) is 36.5 Å². The molecule has 6 nitrogen and oxygen atoms in total. The average molecular weight is 479 g/mol. The number of carbonyl (C=O) groups excluding carboxylic acids is 1. The van der Waals surface area contributed by atoms with Crippen LogP contribution in [0.3, 0.4) is 0 Å². The number of benzene rings is 2. The second-order valence-corrected chi connectivity index (χ2v) is 8.90. The molecule has 1 amide bonds. The summed E-state index contributed by atoms with van der Waals surface area (Å²) in [5.74, 6) is 4.10. The highest BCUT2D eigenvalue weighted by Gasteiger charge is 2.24. The van der Waals surface area contributed by atoms with Gasteiger partial charge >= 0.3 is 0 Å². The van der Waals surface area contributed by atoms with Gasteiger partial charge in [0.15, 0.2) is 5.16 Å². The van der Waals surface area contributed by atoms with Gasteiger partial charge in [-0.25, -0.2) is 24.0 Å². The number of hydrogen-bond acceptors (Lipinski definition) is 6. The van der Waals surface area contributed by atoms with E-state index >= 15 is 0 Å². The molecular weight excluding hydrogens is 466 g/mol. The first kappa shape index (κ1) is 21.4. The molecule has 0 aliphatic carbocycles.